The molecule has 0 radical (unpaired) electrons. The van der Waals surface area contributed by atoms with Crippen molar-refractivity contribution in [2.24, 2.45) is 0 Å². The highest BCUT2D eigenvalue weighted by Gasteiger charge is 2.28. The van der Waals surface area contributed by atoms with Crippen LogP contribution in [0, 0.1) is 12.7 Å². The Morgan fingerprint density at radius 2 is 1.65 bits per heavy atom. The summed E-state index contributed by atoms with van der Waals surface area (Å²) < 4.78 is 41.9. The van der Waals surface area contributed by atoms with Gasteiger partial charge in [0, 0.05) is 5.02 Å². The van der Waals surface area contributed by atoms with E-state index in [0.717, 1.165) is 17.2 Å². The molecule has 0 heterocycles. The van der Waals surface area contributed by atoms with Crippen LogP contribution in [0.15, 0.2) is 77.7 Å². The fraction of sp³-hybridized carbons (Fsp3) is 0.100. The monoisotopic (exact) mass is 389 g/mol. The van der Waals surface area contributed by atoms with E-state index in [2.05, 4.69) is 0 Å². The predicted molar refractivity (Wildman–Crippen MR) is 102 cm³/mol. The lowest BCUT2D eigenvalue weighted by molar-refractivity contribution is 0.563. The average Bonchev–Trinajstić information content (AvgIpc) is 2.61. The molecule has 6 heteroatoms. The Hall–Kier alpha value is -2.37. The van der Waals surface area contributed by atoms with E-state index in [1.165, 1.54) is 22.5 Å². The van der Waals surface area contributed by atoms with Gasteiger partial charge in [-0.15, -0.1) is 0 Å². The molecule has 3 nitrogen and oxygen atoms in total. The van der Waals surface area contributed by atoms with Crippen molar-refractivity contribution >= 4 is 27.3 Å². The quantitative estimate of drug-likeness (QED) is 0.602. The van der Waals surface area contributed by atoms with Gasteiger partial charge in [-0.1, -0.05) is 54.1 Å². The Morgan fingerprint density at radius 3 is 2.35 bits per heavy atom. The minimum atomic E-state index is -4.12. The molecule has 0 unspecified atom stereocenters. The first-order valence-electron chi connectivity index (χ1n) is 7.97. The molecule has 134 valence electrons. The molecule has 0 saturated carbocycles. The Bertz CT molecular complexity index is 1040. The molecule has 0 aliphatic carbocycles. The van der Waals surface area contributed by atoms with Gasteiger partial charge < -0.3 is 0 Å². The van der Waals surface area contributed by atoms with Gasteiger partial charge in [-0.3, -0.25) is 4.31 Å². The first kappa shape index (κ1) is 18.4. The second-order valence-corrected chi connectivity index (χ2v) is 8.12. The standard InChI is InChI=1S/C20H17ClFNO2S/c1-15-7-2-3-8-16(15)14-23(18-10-6-9-17(21)13-18)26(24,25)20-12-5-4-11-19(20)22/h2-13H,14H2,1H3. The van der Waals surface area contributed by atoms with Gasteiger partial charge in [-0.25, -0.2) is 12.8 Å². The van der Waals surface area contributed by atoms with Gasteiger partial charge in [0.1, 0.15) is 10.7 Å². The van der Waals surface area contributed by atoms with Crippen molar-refractivity contribution in [1.82, 2.24) is 0 Å². The second-order valence-electron chi connectivity index (χ2n) is 5.85. The van der Waals surface area contributed by atoms with Crippen LogP contribution < -0.4 is 4.31 Å². The van der Waals surface area contributed by atoms with Crippen molar-refractivity contribution in [2.45, 2.75) is 18.4 Å². The summed E-state index contributed by atoms with van der Waals surface area (Å²) in [7, 11) is -4.12. The van der Waals surface area contributed by atoms with Crippen molar-refractivity contribution in [3.8, 4) is 0 Å². The molecule has 0 amide bonds. The zero-order valence-electron chi connectivity index (χ0n) is 14.1. The summed E-state index contributed by atoms with van der Waals surface area (Å²) in [6.45, 7) is 1.98. The van der Waals surface area contributed by atoms with Crippen molar-refractivity contribution < 1.29 is 12.8 Å². The molecule has 3 aromatic rings. The summed E-state index contributed by atoms with van der Waals surface area (Å²) in [5.41, 5.74) is 2.15. The molecule has 26 heavy (non-hydrogen) atoms. The first-order valence-corrected chi connectivity index (χ1v) is 9.79. The van der Waals surface area contributed by atoms with Crippen LogP contribution in [0.4, 0.5) is 10.1 Å². The smallest absolute Gasteiger partial charge is 0.262 e. The van der Waals surface area contributed by atoms with Gasteiger partial charge >= 0.3 is 0 Å². The van der Waals surface area contributed by atoms with E-state index in [1.54, 1.807) is 24.3 Å². The summed E-state index contributed by atoms with van der Waals surface area (Å²) in [6.07, 6.45) is 0. The van der Waals surface area contributed by atoms with Crippen LogP contribution in [0.1, 0.15) is 11.1 Å². The maximum atomic E-state index is 14.2. The van der Waals surface area contributed by atoms with Gasteiger partial charge in [0.25, 0.3) is 10.0 Å². The summed E-state index contributed by atoms with van der Waals surface area (Å²) in [6, 6.07) is 19.4. The molecule has 0 aromatic heterocycles. The predicted octanol–water partition coefficient (Wildman–Crippen LogP) is 5.18. The van der Waals surface area contributed by atoms with Gasteiger partial charge in [-0.2, -0.15) is 0 Å². The topological polar surface area (TPSA) is 37.4 Å². The summed E-state index contributed by atoms with van der Waals surface area (Å²) in [5, 5.41) is 0.404. The number of hydrogen-bond donors (Lipinski definition) is 0. The van der Waals surface area contributed by atoms with E-state index in [0.29, 0.717) is 10.7 Å². The highest BCUT2D eigenvalue weighted by atomic mass is 35.5. The maximum Gasteiger partial charge on any atom is 0.267 e. The first-order chi connectivity index (χ1) is 12.4. The lowest BCUT2D eigenvalue weighted by Crippen LogP contribution is -2.31. The molecule has 0 atom stereocenters. The number of nitrogens with zero attached hydrogens (tertiary/aromatic N) is 1. The van der Waals surface area contributed by atoms with E-state index in [-0.39, 0.29) is 11.4 Å². The normalized spacial score (nSPS) is 11.3. The largest absolute Gasteiger partial charge is 0.267 e. The molecular weight excluding hydrogens is 373 g/mol. The number of rotatable bonds is 5. The van der Waals surface area contributed by atoms with E-state index in [1.807, 2.05) is 31.2 Å². The van der Waals surface area contributed by atoms with Crippen LogP contribution >= 0.6 is 11.6 Å². The molecule has 3 aromatic carbocycles. The number of hydrogen-bond acceptors (Lipinski definition) is 2. The van der Waals surface area contributed by atoms with E-state index < -0.39 is 15.8 Å². The fourth-order valence-electron chi connectivity index (χ4n) is 2.66. The lowest BCUT2D eigenvalue weighted by Gasteiger charge is -2.25. The average molecular weight is 390 g/mol. The van der Waals surface area contributed by atoms with Gasteiger partial charge in [0.15, 0.2) is 0 Å². The Morgan fingerprint density at radius 1 is 0.962 bits per heavy atom. The van der Waals surface area contributed by atoms with Crippen LogP contribution in [0.5, 0.6) is 0 Å². The number of anilines is 1. The number of benzene rings is 3. The van der Waals surface area contributed by atoms with Crippen molar-refractivity contribution in [3.05, 3.63) is 94.8 Å². The maximum absolute atomic E-state index is 14.2. The lowest BCUT2D eigenvalue weighted by atomic mass is 10.1. The Kier molecular flexibility index (Phi) is 5.30. The number of halogens is 2. The van der Waals surface area contributed by atoms with E-state index >= 15 is 0 Å². The highest BCUT2D eigenvalue weighted by Crippen LogP contribution is 2.29. The molecule has 0 fully saturated rings. The molecule has 0 N–H and O–H groups in total. The Labute approximate surface area is 157 Å². The minimum absolute atomic E-state index is 0.0731. The van der Waals surface area contributed by atoms with Crippen molar-refractivity contribution in [3.63, 3.8) is 0 Å². The second kappa shape index (κ2) is 7.48. The molecule has 0 aliphatic heterocycles. The zero-order chi connectivity index (χ0) is 18.7. The summed E-state index contributed by atoms with van der Waals surface area (Å²) >= 11 is 6.05. The molecule has 0 spiro atoms. The van der Waals surface area contributed by atoms with Gasteiger partial charge in [0.2, 0.25) is 0 Å². The molecular formula is C20H17ClFNO2S. The van der Waals surface area contributed by atoms with E-state index in [9.17, 15) is 12.8 Å². The number of aryl methyl sites for hydroxylation is 1. The van der Waals surface area contributed by atoms with Crippen LogP contribution in [-0.4, -0.2) is 8.42 Å². The van der Waals surface area contributed by atoms with E-state index in [4.69, 9.17) is 11.6 Å². The van der Waals surface area contributed by atoms with Crippen LogP contribution in [-0.2, 0) is 16.6 Å². The minimum Gasteiger partial charge on any atom is -0.262 e. The van der Waals surface area contributed by atoms with Crippen LogP contribution in [0.25, 0.3) is 0 Å². The summed E-state index contributed by atoms with van der Waals surface area (Å²) in [4.78, 5) is -0.367. The molecule has 3 rings (SSSR count). The number of sulfonamides is 1. The SMILES string of the molecule is Cc1ccccc1CN(c1cccc(Cl)c1)S(=O)(=O)c1ccccc1F. The van der Waals surface area contributed by atoms with Crippen LogP contribution in [0.3, 0.4) is 0 Å². The van der Waals surface area contributed by atoms with Crippen molar-refractivity contribution in [2.75, 3.05) is 4.31 Å². The fourth-order valence-corrected chi connectivity index (χ4v) is 4.35. The highest BCUT2D eigenvalue weighted by molar-refractivity contribution is 7.92. The van der Waals surface area contributed by atoms with Crippen molar-refractivity contribution in [1.29, 1.82) is 0 Å². The van der Waals surface area contributed by atoms with Gasteiger partial charge in [-0.05, 0) is 48.4 Å². The van der Waals surface area contributed by atoms with Crippen LogP contribution in [0.2, 0.25) is 5.02 Å². The Balaban J connectivity index is 2.15. The van der Waals surface area contributed by atoms with Gasteiger partial charge in [0.05, 0.1) is 12.2 Å². The molecule has 0 saturated heterocycles. The molecule has 0 bridgehead atoms. The third-order valence-corrected chi connectivity index (χ3v) is 6.12. The molecule has 0 aliphatic rings. The third kappa shape index (κ3) is 3.74. The summed E-state index contributed by atoms with van der Waals surface area (Å²) in [5.74, 6) is -0.788. The third-order valence-electron chi connectivity index (χ3n) is 4.08. The zero-order valence-corrected chi connectivity index (χ0v) is 15.6.